The molecule has 4 rings (SSSR count). The Bertz CT molecular complexity index is 684. The molecule has 1 heterocycles. The third-order valence-electron chi connectivity index (χ3n) is 6.04. The molecule has 0 spiro atoms. The number of fused-ring (bicyclic) bond motifs is 1. The van der Waals surface area contributed by atoms with E-state index in [1.165, 1.54) is 5.56 Å². The number of nitrogens with zero attached hydrogens (tertiary/aromatic N) is 1. The van der Waals surface area contributed by atoms with E-state index in [2.05, 4.69) is 17.0 Å². The second-order valence-electron chi connectivity index (χ2n) is 7.86. The van der Waals surface area contributed by atoms with Crippen LogP contribution in [-0.2, 0) is 12.0 Å². The van der Waals surface area contributed by atoms with Crippen LogP contribution in [0.3, 0.4) is 0 Å². The van der Waals surface area contributed by atoms with Gasteiger partial charge < -0.3 is 15.1 Å². The Labute approximate surface area is 149 Å². The van der Waals surface area contributed by atoms with Crippen molar-refractivity contribution in [2.24, 2.45) is 11.8 Å². The van der Waals surface area contributed by atoms with Crippen molar-refractivity contribution in [1.29, 1.82) is 0 Å². The van der Waals surface area contributed by atoms with Crippen molar-refractivity contribution in [2.75, 3.05) is 19.6 Å². The van der Waals surface area contributed by atoms with Gasteiger partial charge in [0.1, 0.15) is 5.75 Å². The summed E-state index contributed by atoms with van der Waals surface area (Å²) in [5.74, 6) is 1.58. The third kappa shape index (κ3) is 3.58. The Hall–Kier alpha value is -1.84. The summed E-state index contributed by atoms with van der Waals surface area (Å²) in [7, 11) is 0. The third-order valence-corrected chi connectivity index (χ3v) is 6.04. The summed E-state index contributed by atoms with van der Waals surface area (Å²) in [6, 6.07) is 17.7. The Morgan fingerprint density at radius 1 is 0.920 bits per heavy atom. The van der Waals surface area contributed by atoms with Crippen molar-refractivity contribution in [3.63, 3.8) is 0 Å². The molecule has 3 nitrogen and oxygen atoms in total. The molecule has 0 radical (unpaired) electrons. The first-order chi connectivity index (χ1) is 12.1. The largest absolute Gasteiger partial charge is 0.508 e. The number of phenols is 1. The highest BCUT2D eigenvalue weighted by molar-refractivity contribution is 5.26. The highest BCUT2D eigenvalue weighted by atomic mass is 16.3. The highest BCUT2D eigenvalue weighted by Crippen LogP contribution is 2.48. The average Bonchev–Trinajstić information content (AvgIpc) is 3.13. The maximum atomic E-state index is 11.1. The number of likely N-dealkylation sites (tertiary alicyclic amines) is 1. The topological polar surface area (TPSA) is 43.7 Å². The Morgan fingerprint density at radius 2 is 1.56 bits per heavy atom. The van der Waals surface area contributed by atoms with Crippen LogP contribution in [0.1, 0.15) is 30.4 Å². The van der Waals surface area contributed by atoms with Gasteiger partial charge in [0.25, 0.3) is 0 Å². The molecule has 2 fully saturated rings. The minimum absolute atomic E-state index is 0.335. The lowest BCUT2D eigenvalue weighted by Gasteiger charge is -2.26. The number of phenolic OH excluding ortho intramolecular Hbond substituents is 1. The van der Waals surface area contributed by atoms with Crippen LogP contribution in [-0.4, -0.2) is 34.7 Å². The van der Waals surface area contributed by atoms with Crippen molar-refractivity contribution in [3.8, 4) is 5.75 Å². The van der Waals surface area contributed by atoms with Gasteiger partial charge in [-0.2, -0.15) is 0 Å². The predicted molar refractivity (Wildman–Crippen MR) is 99.4 cm³/mol. The standard InChI is InChI=1S/C22H27NO2/c24-21-10-8-17(9-11-21)5-4-12-23-15-18-13-22(25,14-19(18)16-23)20-6-2-1-3-7-20/h1-3,6-11,18-19,24-25H,4-5,12-16H2. The number of aryl methyl sites for hydroxylation is 1. The number of hydrogen-bond donors (Lipinski definition) is 2. The van der Waals surface area contributed by atoms with Gasteiger partial charge in [-0.1, -0.05) is 42.5 Å². The Kier molecular flexibility index (Phi) is 4.53. The van der Waals surface area contributed by atoms with Gasteiger partial charge in [-0.25, -0.2) is 0 Å². The quantitative estimate of drug-likeness (QED) is 0.877. The number of aromatic hydroxyl groups is 1. The zero-order chi connectivity index (χ0) is 17.3. The molecular weight excluding hydrogens is 310 g/mol. The molecule has 0 amide bonds. The van der Waals surface area contributed by atoms with E-state index < -0.39 is 5.60 Å². The number of aliphatic hydroxyl groups is 1. The monoisotopic (exact) mass is 337 g/mol. The fourth-order valence-corrected chi connectivity index (χ4v) is 4.79. The first kappa shape index (κ1) is 16.6. The molecule has 2 N–H and O–H groups in total. The summed E-state index contributed by atoms with van der Waals surface area (Å²) < 4.78 is 0. The second-order valence-corrected chi connectivity index (χ2v) is 7.86. The van der Waals surface area contributed by atoms with Gasteiger partial charge in [-0.15, -0.1) is 0 Å². The Morgan fingerprint density at radius 3 is 2.20 bits per heavy atom. The van der Waals surface area contributed by atoms with Gasteiger partial charge in [0.15, 0.2) is 0 Å². The fraction of sp³-hybridized carbons (Fsp3) is 0.455. The minimum Gasteiger partial charge on any atom is -0.508 e. The van der Waals surface area contributed by atoms with E-state index in [1.54, 1.807) is 12.1 Å². The summed E-state index contributed by atoms with van der Waals surface area (Å²) >= 11 is 0. The molecule has 0 aromatic heterocycles. The summed E-state index contributed by atoms with van der Waals surface area (Å²) in [5.41, 5.74) is 1.76. The molecule has 1 aliphatic carbocycles. The number of hydrogen-bond acceptors (Lipinski definition) is 3. The maximum Gasteiger partial charge on any atom is 0.115 e. The van der Waals surface area contributed by atoms with Crippen LogP contribution in [0.25, 0.3) is 0 Å². The first-order valence-corrected chi connectivity index (χ1v) is 9.40. The lowest BCUT2D eigenvalue weighted by Crippen LogP contribution is -2.29. The molecule has 2 aromatic carbocycles. The molecule has 2 unspecified atom stereocenters. The SMILES string of the molecule is Oc1ccc(CCCN2CC3CC(O)(c4ccccc4)CC3C2)cc1. The fourth-order valence-electron chi connectivity index (χ4n) is 4.79. The second kappa shape index (κ2) is 6.81. The van der Waals surface area contributed by atoms with E-state index in [4.69, 9.17) is 0 Å². The Balaban J connectivity index is 1.27. The summed E-state index contributed by atoms with van der Waals surface area (Å²) in [6.07, 6.45) is 4.00. The van der Waals surface area contributed by atoms with Crippen molar-refractivity contribution < 1.29 is 10.2 Å². The zero-order valence-electron chi connectivity index (χ0n) is 14.6. The lowest BCUT2D eigenvalue weighted by molar-refractivity contribution is 0.0314. The minimum atomic E-state index is -0.616. The molecule has 0 bridgehead atoms. The van der Waals surface area contributed by atoms with E-state index in [1.807, 2.05) is 30.3 Å². The van der Waals surface area contributed by atoms with E-state index in [0.29, 0.717) is 17.6 Å². The molecule has 1 saturated carbocycles. The zero-order valence-corrected chi connectivity index (χ0v) is 14.6. The summed E-state index contributed by atoms with van der Waals surface area (Å²) in [5, 5.41) is 20.4. The molecule has 2 aromatic rings. The van der Waals surface area contributed by atoms with Crippen molar-refractivity contribution in [3.05, 3.63) is 65.7 Å². The number of rotatable bonds is 5. The van der Waals surface area contributed by atoms with E-state index in [9.17, 15) is 10.2 Å². The van der Waals surface area contributed by atoms with Crippen molar-refractivity contribution in [2.45, 2.75) is 31.3 Å². The van der Waals surface area contributed by atoms with Crippen LogP contribution in [0.5, 0.6) is 5.75 Å². The molecule has 2 aliphatic rings. The highest BCUT2D eigenvalue weighted by Gasteiger charge is 2.48. The van der Waals surface area contributed by atoms with Crippen molar-refractivity contribution >= 4 is 0 Å². The van der Waals surface area contributed by atoms with Crippen LogP contribution < -0.4 is 0 Å². The predicted octanol–water partition coefficient (Wildman–Crippen LogP) is 3.55. The normalized spacial score (nSPS) is 29.0. The van der Waals surface area contributed by atoms with Gasteiger partial charge in [-0.05, 0) is 67.3 Å². The summed E-state index contributed by atoms with van der Waals surface area (Å²) in [4.78, 5) is 2.57. The van der Waals surface area contributed by atoms with Crippen LogP contribution in [0, 0.1) is 11.8 Å². The maximum absolute atomic E-state index is 11.1. The molecule has 2 atom stereocenters. The van der Waals surface area contributed by atoms with Crippen LogP contribution in [0.15, 0.2) is 54.6 Å². The lowest BCUT2D eigenvalue weighted by atomic mass is 9.90. The van der Waals surface area contributed by atoms with Crippen LogP contribution >= 0.6 is 0 Å². The average molecular weight is 337 g/mol. The van der Waals surface area contributed by atoms with E-state index >= 15 is 0 Å². The van der Waals surface area contributed by atoms with Crippen LogP contribution in [0.2, 0.25) is 0 Å². The number of benzene rings is 2. The molecule has 1 aliphatic heterocycles. The first-order valence-electron chi connectivity index (χ1n) is 9.40. The molecule has 25 heavy (non-hydrogen) atoms. The summed E-state index contributed by atoms with van der Waals surface area (Å²) in [6.45, 7) is 3.36. The van der Waals surface area contributed by atoms with Gasteiger partial charge >= 0.3 is 0 Å². The van der Waals surface area contributed by atoms with E-state index in [-0.39, 0.29) is 0 Å². The van der Waals surface area contributed by atoms with Gasteiger partial charge in [0.2, 0.25) is 0 Å². The molecule has 1 saturated heterocycles. The molecular formula is C22H27NO2. The molecule has 3 heteroatoms. The van der Waals surface area contributed by atoms with Crippen LogP contribution in [0.4, 0.5) is 0 Å². The van der Waals surface area contributed by atoms with Gasteiger partial charge in [0.05, 0.1) is 5.60 Å². The smallest absolute Gasteiger partial charge is 0.115 e. The molecule has 132 valence electrons. The van der Waals surface area contributed by atoms with E-state index in [0.717, 1.165) is 50.9 Å². The van der Waals surface area contributed by atoms with Crippen molar-refractivity contribution in [1.82, 2.24) is 4.90 Å². The van der Waals surface area contributed by atoms with Gasteiger partial charge in [-0.3, -0.25) is 0 Å². The van der Waals surface area contributed by atoms with Gasteiger partial charge in [0, 0.05) is 13.1 Å².